The summed E-state index contributed by atoms with van der Waals surface area (Å²) in [6, 6.07) is 6.40. The van der Waals surface area contributed by atoms with E-state index in [0.717, 1.165) is 29.2 Å². The fraction of sp³-hybridized carbons (Fsp3) is 0.538. The molecule has 90 valence electrons. The van der Waals surface area contributed by atoms with Crippen molar-refractivity contribution in [2.24, 2.45) is 0 Å². The summed E-state index contributed by atoms with van der Waals surface area (Å²) >= 11 is 12.3. The normalized spacial score (nSPS) is 12.6. The molecule has 0 heterocycles. The van der Waals surface area contributed by atoms with Gasteiger partial charge in [0.25, 0.3) is 0 Å². The number of hydrogen-bond acceptors (Lipinski definition) is 1. The molecule has 0 bridgehead atoms. The molecule has 0 fully saturated rings. The summed E-state index contributed by atoms with van der Waals surface area (Å²) in [7, 11) is 0. The van der Waals surface area contributed by atoms with Gasteiger partial charge in [-0.2, -0.15) is 0 Å². The first kappa shape index (κ1) is 13.7. The maximum Gasteiger partial charge on any atom is 0.0642 e. The molecule has 0 spiro atoms. The van der Waals surface area contributed by atoms with Crippen LogP contribution in [0.5, 0.6) is 0 Å². The number of para-hydroxylation sites is 1. The Bertz CT molecular complexity index is 339. The van der Waals surface area contributed by atoms with Gasteiger partial charge >= 0.3 is 0 Å². The van der Waals surface area contributed by atoms with E-state index in [2.05, 4.69) is 25.7 Å². The van der Waals surface area contributed by atoms with Gasteiger partial charge in [0.05, 0.1) is 10.7 Å². The van der Waals surface area contributed by atoms with Crippen LogP contribution in [-0.4, -0.2) is 12.6 Å². The smallest absolute Gasteiger partial charge is 0.0642 e. The number of nitrogens with zero attached hydrogens (tertiary/aromatic N) is 1. The van der Waals surface area contributed by atoms with Gasteiger partial charge < -0.3 is 4.90 Å². The van der Waals surface area contributed by atoms with Crippen molar-refractivity contribution in [1.82, 2.24) is 0 Å². The van der Waals surface area contributed by atoms with Crippen molar-refractivity contribution < 1.29 is 0 Å². The maximum atomic E-state index is 6.28. The molecule has 0 aliphatic carbocycles. The van der Waals surface area contributed by atoms with Crippen LogP contribution in [-0.2, 0) is 5.88 Å². The molecule has 1 unspecified atom stereocenters. The Balaban J connectivity index is 3.17. The van der Waals surface area contributed by atoms with Gasteiger partial charge in [-0.1, -0.05) is 30.7 Å². The quantitative estimate of drug-likeness (QED) is 0.693. The number of anilines is 1. The number of benzene rings is 1. The molecule has 1 atom stereocenters. The van der Waals surface area contributed by atoms with Crippen molar-refractivity contribution in [3.63, 3.8) is 0 Å². The highest BCUT2D eigenvalue weighted by atomic mass is 35.5. The molecule has 0 radical (unpaired) electrons. The molecular weight excluding hydrogens is 241 g/mol. The van der Waals surface area contributed by atoms with E-state index >= 15 is 0 Å². The Labute approximate surface area is 108 Å². The van der Waals surface area contributed by atoms with Crippen LogP contribution in [0.3, 0.4) is 0 Å². The fourth-order valence-corrected chi connectivity index (χ4v) is 2.42. The first-order chi connectivity index (χ1) is 7.65. The van der Waals surface area contributed by atoms with E-state index in [1.165, 1.54) is 0 Å². The van der Waals surface area contributed by atoms with E-state index in [0.29, 0.717) is 11.9 Å². The summed E-state index contributed by atoms with van der Waals surface area (Å²) in [4.78, 5) is 2.32. The van der Waals surface area contributed by atoms with Gasteiger partial charge in [-0.25, -0.2) is 0 Å². The van der Waals surface area contributed by atoms with Crippen LogP contribution in [0.2, 0.25) is 5.02 Å². The second-order valence-corrected chi connectivity index (χ2v) is 4.60. The van der Waals surface area contributed by atoms with Crippen molar-refractivity contribution in [3.8, 4) is 0 Å². The molecule has 0 saturated carbocycles. The summed E-state index contributed by atoms with van der Waals surface area (Å²) < 4.78 is 0. The lowest BCUT2D eigenvalue weighted by atomic mass is 10.1. The molecule has 0 aromatic heterocycles. The van der Waals surface area contributed by atoms with Gasteiger partial charge in [0.1, 0.15) is 0 Å². The monoisotopic (exact) mass is 259 g/mol. The van der Waals surface area contributed by atoms with Gasteiger partial charge in [-0.3, -0.25) is 0 Å². The Morgan fingerprint density at radius 3 is 2.50 bits per heavy atom. The number of rotatable bonds is 5. The third-order valence-electron chi connectivity index (χ3n) is 2.97. The Morgan fingerprint density at radius 1 is 1.31 bits per heavy atom. The van der Waals surface area contributed by atoms with Gasteiger partial charge in [0, 0.05) is 18.5 Å². The van der Waals surface area contributed by atoms with E-state index in [-0.39, 0.29) is 0 Å². The lowest BCUT2D eigenvalue weighted by Crippen LogP contribution is -2.33. The third-order valence-corrected chi connectivity index (χ3v) is 3.56. The van der Waals surface area contributed by atoms with Crippen LogP contribution >= 0.6 is 23.2 Å². The topological polar surface area (TPSA) is 3.24 Å². The fourth-order valence-electron chi connectivity index (χ4n) is 1.90. The van der Waals surface area contributed by atoms with Crippen LogP contribution in [0.15, 0.2) is 18.2 Å². The highest BCUT2D eigenvalue weighted by Gasteiger charge is 2.17. The van der Waals surface area contributed by atoms with E-state index in [1.807, 2.05) is 18.2 Å². The third kappa shape index (κ3) is 2.83. The largest absolute Gasteiger partial charge is 0.368 e. The summed E-state index contributed by atoms with van der Waals surface area (Å²) in [6.45, 7) is 7.49. The van der Waals surface area contributed by atoms with Crippen molar-refractivity contribution in [3.05, 3.63) is 28.8 Å². The summed E-state index contributed by atoms with van der Waals surface area (Å²) in [5.74, 6) is 0.503. The number of hydrogen-bond donors (Lipinski definition) is 0. The Kier molecular flexibility index (Phi) is 5.43. The minimum Gasteiger partial charge on any atom is -0.368 e. The van der Waals surface area contributed by atoms with Crippen LogP contribution in [0.4, 0.5) is 5.69 Å². The SMILES string of the molecule is CCC(C)N(CC)c1c(Cl)cccc1CCl. The molecule has 3 heteroatoms. The molecule has 16 heavy (non-hydrogen) atoms. The van der Waals surface area contributed by atoms with Gasteiger partial charge in [0.2, 0.25) is 0 Å². The molecule has 0 amide bonds. The second-order valence-electron chi connectivity index (χ2n) is 3.92. The Morgan fingerprint density at radius 2 is 2.00 bits per heavy atom. The van der Waals surface area contributed by atoms with Crippen LogP contribution in [0, 0.1) is 0 Å². The predicted octanol–water partition coefficient (Wildman–Crippen LogP) is 4.70. The van der Waals surface area contributed by atoms with Crippen molar-refractivity contribution in [1.29, 1.82) is 0 Å². The lowest BCUT2D eigenvalue weighted by molar-refractivity contribution is 0.628. The van der Waals surface area contributed by atoms with Gasteiger partial charge in [-0.05, 0) is 31.9 Å². The van der Waals surface area contributed by atoms with E-state index in [4.69, 9.17) is 23.2 Å². The summed E-state index contributed by atoms with van der Waals surface area (Å²) in [6.07, 6.45) is 1.10. The molecule has 1 rings (SSSR count). The van der Waals surface area contributed by atoms with Gasteiger partial charge in [0.15, 0.2) is 0 Å². The standard InChI is InChI=1S/C13H19Cl2N/c1-4-10(3)16(5-2)13-11(9-14)7-6-8-12(13)15/h6-8,10H,4-5,9H2,1-3H3. The van der Waals surface area contributed by atoms with E-state index in [9.17, 15) is 0 Å². The predicted molar refractivity (Wildman–Crippen MR) is 73.8 cm³/mol. The minimum absolute atomic E-state index is 0.479. The van der Waals surface area contributed by atoms with Gasteiger partial charge in [-0.15, -0.1) is 11.6 Å². The zero-order chi connectivity index (χ0) is 12.1. The molecule has 0 aliphatic rings. The highest BCUT2D eigenvalue weighted by Crippen LogP contribution is 2.32. The van der Waals surface area contributed by atoms with Crippen molar-refractivity contribution >= 4 is 28.9 Å². The van der Waals surface area contributed by atoms with Crippen LogP contribution in [0.1, 0.15) is 32.8 Å². The first-order valence-electron chi connectivity index (χ1n) is 5.75. The molecule has 0 saturated heterocycles. The van der Waals surface area contributed by atoms with Crippen LogP contribution < -0.4 is 4.90 Å². The highest BCUT2D eigenvalue weighted by molar-refractivity contribution is 6.33. The zero-order valence-corrected chi connectivity index (χ0v) is 11.6. The first-order valence-corrected chi connectivity index (χ1v) is 6.66. The Hall–Kier alpha value is -0.400. The number of alkyl halides is 1. The molecule has 1 aromatic rings. The number of halogens is 2. The minimum atomic E-state index is 0.479. The van der Waals surface area contributed by atoms with E-state index < -0.39 is 0 Å². The average Bonchev–Trinajstić information content (AvgIpc) is 2.31. The lowest BCUT2D eigenvalue weighted by Gasteiger charge is -2.32. The second kappa shape index (κ2) is 6.36. The summed E-state index contributed by atoms with van der Waals surface area (Å²) in [5, 5.41) is 0.792. The van der Waals surface area contributed by atoms with E-state index in [1.54, 1.807) is 0 Å². The molecule has 1 aromatic carbocycles. The maximum absolute atomic E-state index is 6.28. The summed E-state index contributed by atoms with van der Waals surface area (Å²) in [5.41, 5.74) is 2.20. The van der Waals surface area contributed by atoms with Crippen LogP contribution in [0.25, 0.3) is 0 Å². The van der Waals surface area contributed by atoms with Crippen molar-refractivity contribution in [2.75, 3.05) is 11.4 Å². The molecule has 0 N–H and O–H groups in total. The zero-order valence-electron chi connectivity index (χ0n) is 10.1. The molecular formula is C13H19Cl2N. The average molecular weight is 260 g/mol. The van der Waals surface area contributed by atoms with Crippen molar-refractivity contribution in [2.45, 2.75) is 39.1 Å². The molecule has 1 nitrogen and oxygen atoms in total. The molecule has 0 aliphatic heterocycles.